The average Bonchev–Trinajstić information content (AvgIpc) is 3.25. The van der Waals surface area contributed by atoms with E-state index in [0.29, 0.717) is 17.9 Å². The molecule has 0 saturated heterocycles. The number of benzene rings is 4. The number of carbonyl (C=O) groups excluding carboxylic acids is 1. The molecule has 0 spiro atoms. The van der Waals surface area contributed by atoms with Crippen LogP contribution in [0.25, 0.3) is 11.6 Å². The van der Waals surface area contributed by atoms with Crippen molar-refractivity contribution in [2.45, 2.75) is 43.9 Å². The van der Waals surface area contributed by atoms with Crippen LogP contribution in [-0.2, 0) is 33.0 Å². The van der Waals surface area contributed by atoms with Crippen molar-refractivity contribution in [3.63, 3.8) is 0 Å². The van der Waals surface area contributed by atoms with Crippen LogP contribution >= 0.6 is 22.6 Å². The summed E-state index contributed by atoms with van der Waals surface area (Å²) >= 11 is 2.21. The fourth-order valence-corrected chi connectivity index (χ4v) is 6.61. The van der Waals surface area contributed by atoms with E-state index in [1.807, 2.05) is 42.5 Å². The van der Waals surface area contributed by atoms with Gasteiger partial charge in [-0.05, 0) is 99.8 Å². The van der Waals surface area contributed by atoms with Gasteiger partial charge in [0.25, 0.3) is 15.9 Å². The molecule has 0 aromatic heterocycles. The molecule has 1 aliphatic rings. The molecule has 1 heterocycles. The summed E-state index contributed by atoms with van der Waals surface area (Å²) in [5.41, 5.74) is 2.63. The maximum Gasteiger partial charge on any atom is 0.416 e. The lowest BCUT2D eigenvalue weighted by Gasteiger charge is -2.25. The molecule has 0 fully saturated rings. The quantitative estimate of drug-likeness (QED) is 0.148. The number of halogens is 4. The molecule has 1 amide bonds. The monoisotopic (exact) mass is 732 g/mol. The van der Waals surface area contributed by atoms with Crippen LogP contribution in [0.5, 0.6) is 5.75 Å². The molecule has 6 nitrogen and oxygen atoms in total. The van der Waals surface area contributed by atoms with Gasteiger partial charge in [0.1, 0.15) is 12.4 Å². The third-order valence-corrected chi connectivity index (χ3v) is 9.14. The number of fused-ring (bicyclic) bond motifs is 1. The zero-order chi connectivity index (χ0) is 31.9. The molecule has 5 rings (SSSR count). The first-order valence-corrected chi connectivity index (χ1v) is 16.1. The maximum absolute atomic E-state index is 13.2. The first kappa shape index (κ1) is 31.6. The summed E-state index contributed by atoms with van der Waals surface area (Å²) in [6, 6.07) is 21.6. The number of alkyl halides is 3. The third-order valence-electron chi connectivity index (χ3n) is 6.96. The first-order valence-electron chi connectivity index (χ1n) is 13.5. The van der Waals surface area contributed by atoms with Gasteiger partial charge < -0.3 is 10.1 Å². The molecule has 0 unspecified atom stereocenters. The molecule has 0 aliphatic carbocycles. The van der Waals surface area contributed by atoms with Gasteiger partial charge in [0.05, 0.1) is 14.0 Å². The van der Waals surface area contributed by atoms with Gasteiger partial charge in [0.2, 0.25) is 0 Å². The van der Waals surface area contributed by atoms with Gasteiger partial charge in [-0.15, -0.1) is 0 Å². The highest BCUT2D eigenvalue weighted by Crippen LogP contribution is 2.40. The van der Waals surface area contributed by atoms with E-state index in [1.165, 1.54) is 18.2 Å². The largest absolute Gasteiger partial charge is 0.487 e. The zero-order valence-corrected chi connectivity index (χ0v) is 26.9. The number of anilines is 2. The molecule has 228 valence electrons. The average molecular weight is 733 g/mol. The summed E-state index contributed by atoms with van der Waals surface area (Å²) in [5.74, 6) is 0.366. The Hall–Kier alpha value is -3.84. The number of hydrogen-bond donors (Lipinski definition) is 2. The molecule has 4 aromatic rings. The van der Waals surface area contributed by atoms with Gasteiger partial charge in [-0.3, -0.25) is 9.52 Å². The Morgan fingerprint density at radius 3 is 2.25 bits per heavy atom. The number of hydrogen-bond acceptors (Lipinski definition) is 4. The van der Waals surface area contributed by atoms with Crippen LogP contribution in [0.2, 0.25) is 0 Å². The second-order valence-corrected chi connectivity index (χ2v) is 14.1. The highest BCUT2D eigenvalue weighted by atomic mass is 127. The van der Waals surface area contributed by atoms with Crippen molar-refractivity contribution in [3.05, 3.63) is 116 Å². The fraction of sp³-hybridized carbons (Fsp3) is 0.182. The van der Waals surface area contributed by atoms with Crippen LogP contribution in [0.1, 0.15) is 48.6 Å². The summed E-state index contributed by atoms with van der Waals surface area (Å²) in [5, 5.41) is 2.77. The summed E-state index contributed by atoms with van der Waals surface area (Å²) in [6.45, 7) is 6.61. The Kier molecular flexibility index (Phi) is 8.56. The summed E-state index contributed by atoms with van der Waals surface area (Å²) < 4.78 is 74.5. The first-order chi connectivity index (χ1) is 20.6. The van der Waals surface area contributed by atoms with Crippen LogP contribution < -0.4 is 14.8 Å². The van der Waals surface area contributed by atoms with Crippen molar-refractivity contribution < 1.29 is 31.1 Å². The molecule has 0 radical (unpaired) electrons. The van der Waals surface area contributed by atoms with Crippen LogP contribution in [0.15, 0.2) is 89.8 Å². The lowest BCUT2D eigenvalue weighted by Crippen LogP contribution is -2.15. The highest BCUT2D eigenvalue weighted by Gasteiger charge is 2.31. The SMILES string of the molecule is CC(C)(C)c1cc(C=C2C(=O)Nc3ccc(S(=O)(=O)Nc4ccc(C(F)(F)F)cc4)cc32)cc(I)c1OCc1ccccc1. The Morgan fingerprint density at radius 1 is 0.932 bits per heavy atom. The number of rotatable bonds is 7. The van der Waals surface area contributed by atoms with Gasteiger partial charge in [0.15, 0.2) is 0 Å². The number of ether oxygens (including phenoxy) is 1. The number of nitrogens with one attached hydrogen (secondary N) is 2. The van der Waals surface area contributed by atoms with Crippen molar-refractivity contribution in [1.82, 2.24) is 0 Å². The molecule has 44 heavy (non-hydrogen) atoms. The van der Waals surface area contributed by atoms with E-state index in [1.54, 1.807) is 6.08 Å². The second kappa shape index (κ2) is 11.9. The van der Waals surface area contributed by atoms with Crippen molar-refractivity contribution >= 4 is 61.5 Å². The van der Waals surface area contributed by atoms with Crippen LogP contribution in [-0.4, -0.2) is 14.3 Å². The lowest BCUT2D eigenvalue weighted by molar-refractivity contribution is -0.137. The standard InChI is InChI=1S/C33H28F3IN2O4S/c1-32(2,3)27-16-21(17-28(37)30(27)43-19-20-7-5-4-6-8-20)15-26-25-18-24(13-14-29(25)38-31(26)40)44(41,42)39-23-11-9-22(10-12-23)33(34,35)36/h4-18,39H,19H2,1-3H3,(H,38,40). The lowest BCUT2D eigenvalue weighted by atomic mass is 9.85. The molecule has 1 aliphatic heterocycles. The van der Waals surface area contributed by atoms with E-state index in [-0.39, 0.29) is 27.5 Å². The van der Waals surface area contributed by atoms with Gasteiger partial charge >= 0.3 is 6.18 Å². The number of carbonyl (C=O) groups is 1. The van der Waals surface area contributed by atoms with Gasteiger partial charge in [-0.25, -0.2) is 8.42 Å². The molecule has 0 bridgehead atoms. The second-order valence-electron chi connectivity index (χ2n) is 11.3. The Morgan fingerprint density at radius 2 is 1.61 bits per heavy atom. The highest BCUT2D eigenvalue weighted by molar-refractivity contribution is 14.1. The van der Waals surface area contributed by atoms with Gasteiger partial charge in [-0.2, -0.15) is 13.2 Å². The minimum Gasteiger partial charge on any atom is -0.487 e. The number of sulfonamides is 1. The maximum atomic E-state index is 13.2. The minimum absolute atomic E-state index is 0.0256. The Labute approximate surface area is 267 Å². The minimum atomic E-state index is -4.54. The van der Waals surface area contributed by atoms with Crippen molar-refractivity contribution in [2.75, 3.05) is 10.0 Å². The molecular formula is C33H28F3IN2O4S. The van der Waals surface area contributed by atoms with Crippen LogP contribution in [0, 0.1) is 3.57 Å². The molecular weight excluding hydrogens is 704 g/mol. The van der Waals surface area contributed by atoms with E-state index in [2.05, 4.69) is 53.4 Å². The molecule has 11 heteroatoms. The number of amides is 1. The summed E-state index contributed by atoms with van der Waals surface area (Å²) in [6.07, 6.45) is -2.83. The zero-order valence-electron chi connectivity index (χ0n) is 23.9. The van der Waals surface area contributed by atoms with E-state index in [0.717, 1.165) is 50.3 Å². The Bertz CT molecular complexity index is 1870. The molecule has 0 atom stereocenters. The topological polar surface area (TPSA) is 84.5 Å². The molecule has 2 N–H and O–H groups in total. The fourth-order valence-electron chi connectivity index (χ4n) is 4.72. The Balaban J connectivity index is 1.47. The predicted molar refractivity (Wildman–Crippen MR) is 174 cm³/mol. The van der Waals surface area contributed by atoms with Gasteiger partial charge in [-0.1, -0.05) is 51.1 Å². The van der Waals surface area contributed by atoms with Crippen molar-refractivity contribution in [3.8, 4) is 5.75 Å². The van der Waals surface area contributed by atoms with E-state index >= 15 is 0 Å². The van der Waals surface area contributed by atoms with Crippen molar-refractivity contribution in [1.29, 1.82) is 0 Å². The summed E-state index contributed by atoms with van der Waals surface area (Å²) in [7, 11) is -4.18. The normalized spacial score (nSPS) is 14.3. The van der Waals surface area contributed by atoms with E-state index in [9.17, 15) is 26.4 Å². The van der Waals surface area contributed by atoms with Crippen LogP contribution in [0.4, 0.5) is 24.5 Å². The van der Waals surface area contributed by atoms with Gasteiger partial charge in [0, 0.05) is 28.1 Å². The van der Waals surface area contributed by atoms with Crippen LogP contribution in [0.3, 0.4) is 0 Å². The molecule has 0 saturated carbocycles. The van der Waals surface area contributed by atoms with Crippen molar-refractivity contribution in [2.24, 2.45) is 0 Å². The smallest absolute Gasteiger partial charge is 0.416 e. The molecule has 4 aromatic carbocycles. The van der Waals surface area contributed by atoms with E-state index < -0.39 is 21.8 Å². The third kappa shape index (κ3) is 6.94. The predicted octanol–water partition coefficient (Wildman–Crippen LogP) is 8.48. The van der Waals surface area contributed by atoms with E-state index in [4.69, 9.17) is 4.74 Å². The summed E-state index contributed by atoms with van der Waals surface area (Å²) in [4.78, 5) is 12.9.